The summed E-state index contributed by atoms with van der Waals surface area (Å²) in [7, 11) is 7.07. The molecule has 2 amide bonds. The van der Waals surface area contributed by atoms with Crippen molar-refractivity contribution in [3.05, 3.63) is 201 Å². The molecule has 20 nitrogen and oxygen atoms in total. The van der Waals surface area contributed by atoms with Gasteiger partial charge in [0, 0.05) is 132 Å². The summed E-state index contributed by atoms with van der Waals surface area (Å²) < 4.78 is 13.4. The molecule has 0 radical (unpaired) electrons. The zero-order chi connectivity index (χ0) is 60.2. The maximum Gasteiger partial charge on any atom is 0.327 e. The van der Waals surface area contributed by atoms with Gasteiger partial charge in [0.2, 0.25) is 0 Å². The Bertz CT molecular complexity index is 2590. The molecule has 0 saturated carbocycles. The molecule has 0 bridgehead atoms. The number of hydrogen-bond acceptors (Lipinski definition) is 16. The van der Waals surface area contributed by atoms with Crippen LogP contribution in [0.25, 0.3) is 0 Å². The number of ether oxygens (including phenoxy) is 2. The van der Waals surface area contributed by atoms with Crippen LogP contribution in [-0.2, 0) is 23.6 Å². The Labute approximate surface area is 475 Å². The smallest absolute Gasteiger partial charge is 0.327 e. The fraction of sp³-hybridized carbons (Fsp3) is 0.433. The first-order valence-electron chi connectivity index (χ1n) is 26.2. The Morgan fingerprint density at radius 3 is 1.26 bits per heavy atom. The first-order valence-corrected chi connectivity index (χ1v) is 26.2. The molecule has 10 rings (SSSR count). The highest BCUT2D eigenvalue weighted by molar-refractivity contribution is 5.75. The second-order valence-corrected chi connectivity index (χ2v) is 19.1. The van der Waals surface area contributed by atoms with Gasteiger partial charge in [-0.2, -0.15) is 0 Å². The number of carbonyl (C=O) groups excluding carboxylic acids is 1. The number of urea groups is 1. The van der Waals surface area contributed by atoms with Gasteiger partial charge in [0.05, 0.1) is 24.6 Å². The third-order valence-corrected chi connectivity index (χ3v) is 10.7. The van der Waals surface area contributed by atoms with E-state index in [1.807, 2.05) is 159 Å². The fourth-order valence-electron chi connectivity index (χ4n) is 5.82. The van der Waals surface area contributed by atoms with E-state index < -0.39 is 0 Å². The second-order valence-electron chi connectivity index (χ2n) is 19.1. The number of carbonyl (C=O) groups is 1. The number of aromatic nitrogens is 14. The van der Waals surface area contributed by atoms with Gasteiger partial charge in [0.25, 0.3) is 0 Å². The fourth-order valence-corrected chi connectivity index (χ4v) is 5.82. The number of aryl methyl sites for hydroxylation is 16. The molecule has 8 aromatic heterocycles. The van der Waals surface area contributed by atoms with Gasteiger partial charge in [-0.3, -0.25) is 24.9 Å². The second kappa shape index (κ2) is 39.3. The lowest BCUT2D eigenvalue weighted by atomic mass is 10.2. The Hall–Kier alpha value is -8.10. The number of nitrogens with zero attached hydrogens (tertiary/aromatic N) is 16. The van der Waals surface area contributed by atoms with Crippen molar-refractivity contribution in [2.24, 2.45) is 20.0 Å². The molecule has 0 atom stereocenters. The Kier molecular flexibility index (Phi) is 34.3. The van der Waals surface area contributed by atoms with Crippen LogP contribution >= 0.6 is 0 Å². The molecule has 2 aliphatic heterocycles. The van der Waals surface area contributed by atoms with Crippen LogP contribution in [-0.4, -0.2) is 131 Å². The SMILES string of the molecule is CC1COC(C)OC1.CN1CCN(C)C1=O.Cc1ccc(C)nc1.Cc1cccnc1C.Cc1ccnc(C)c1.Cc1ccnc(C)n1.Cc1cnc(C)cn1.Cc1cnc(C)nc1.Cc1ncnc(C)n1.Cn1ccn(C)c1=O. The predicted molar refractivity (Wildman–Crippen MR) is 317 cm³/mol. The molecule has 0 aromatic carbocycles. The van der Waals surface area contributed by atoms with Crippen LogP contribution in [0.4, 0.5) is 4.79 Å². The van der Waals surface area contributed by atoms with E-state index in [9.17, 15) is 9.59 Å². The van der Waals surface area contributed by atoms with Gasteiger partial charge >= 0.3 is 11.7 Å². The van der Waals surface area contributed by atoms with Crippen LogP contribution in [0.15, 0.2) is 116 Å². The number of imidazole rings is 1. The third kappa shape index (κ3) is 33.9. The first kappa shape index (κ1) is 69.9. The molecular weight excluding hydrogens is 1010 g/mol. The van der Waals surface area contributed by atoms with Crippen LogP contribution in [0.1, 0.15) is 93.6 Å². The van der Waals surface area contributed by atoms with Gasteiger partial charge < -0.3 is 28.4 Å². The Morgan fingerprint density at radius 2 is 0.963 bits per heavy atom. The Morgan fingerprint density at radius 1 is 0.450 bits per heavy atom. The lowest BCUT2D eigenvalue weighted by molar-refractivity contribution is -0.187. The summed E-state index contributed by atoms with van der Waals surface area (Å²) >= 11 is 0. The number of hydrogen-bond donors (Lipinski definition) is 0. The van der Waals surface area contributed by atoms with Crippen LogP contribution in [0.2, 0.25) is 0 Å². The zero-order valence-corrected chi connectivity index (χ0v) is 51.2. The normalized spacial score (nSPS) is 13.5. The number of pyridine rings is 3. The number of amides is 2. The summed E-state index contributed by atoms with van der Waals surface area (Å²) in [6.07, 6.45) is 19.4. The van der Waals surface area contributed by atoms with Crippen LogP contribution in [0.3, 0.4) is 0 Å². The predicted octanol–water partition coefficient (Wildman–Crippen LogP) is 9.59. The van der Waals surface area contributed by atoms with E-state index in [2.05, 4.69) is 98.8 Å². The van der Waals surface area contributed by atoms with Crippen molar-refractivity contribution in [3.63, 3.8) is 0 Å². The van der Waals surface area contributed by atoms with Gasteiger partial charge in [0.15, 0.2) is 6.29 Å². The molecule has 0 spiro atoms. The lowest BCUT2D eigenvalue weighted by Gasteiger charge is -2.24. The van der Waals surface area contributed by atoms with Crippen molar-refractivity contribution >= 4 is 6.03 Å². The van der Waals surface area contributed by atoms with Gasteiger partial charge in [0.1, 0.15) is 29.6 Å². The van der Waals surface area contributed by atoms with Crippen LogP contribution < -0.4 is 5.69 Å². The van der Waals surface area contributed by atoms with Crippen molar-refractivity contribution in [1.82, 2.24) is 78.7 Å². The summed E-state index contributed by atoms with van der Waals surface area (Å²) in [5.41, 5.74) is 11.1. The zero-order valence-electron chi connectivity index (χ0n) is 51.2. The summed E-state index contributed by atoms with van der Waals surface area (Å²) in [5.74, 6) is 3.79. The minimum atomic E-state index is 0.0185. The van der Waals surface area contributed by atoms with Crippen molar-refractivity contribution in [2.75, 3.05) is 40.4 Å². The molecule has 10 heterocycles. The molecule has 2 fully saturated rings. The summed E-state index contributed by atoms with van der Waals surface area (Å²) in [5, 5.41) is 0. The van der Waals surface area contributed by atoms with Crippen molar-refractivity contribution < 1.29 is 14.3 Å². The first-order chi connectivity index (χ1) is 37.7. The highest BCUT2D eigenvalue weighted by atomic mass is 16.7. The van der Waals surface area contributed by atoms with E-state index in [0.29, 0.717) is 5.92 Å². The maximum atomic E-state index is 10.8. The van der Waals surface area contributed by atoms with Crippen molar-refractivity contribution in [2.45, 2.75) is 117 Å². The van der Waals surface area contributed by atoms with E-state index in [0.717, 1.165) is 89.3 Å². The summed E-state index contributed by atoms with van der Waals surface area (Å²) in [4.78, 5) is 72.6. The largest absolute Gasteiger partial charge is 0.353 e. The van der Waals surface area contributed by atoms with Gasteiger partial charge in [-0.05, 0) is 156 Å². The monoisotopic (exact) mass is 1100 g/mol. The highest BCUT2D eigenvalue weighted by Crippen LogP contribution is 2.08. The Balaban J connectivity index is 0.000000444. The molecule has 8 aromatic rings. The average Bonchev–Trinajstić information content (AvgIpc) is 3.88. The molecular formula is C60H88N16O4. The molecule has 2 aliphatic rings. The average molecular weight is 1100 g/mol. The van der Waals surface area contributed by atoms with Gasteiger partial charge in [-0.25, -0.2) is 44.5 Å². The van der Waals surface area contributed by atoms with Crippen molar-refractivity contribution in [3.8, 4) is 0 Å². The van der Waals surface area contributed by atoms with E-state index in [1.165, 1.54) is 32.2 Å². The third-order valence-electron chi connectivity index (χ3n) is 10.7. The van der Waals surface area contributed by atoms with E-state index in [-0.39, 0.29) is 18.0 Å². The highest BCUT2D eigenvalue weighted by Gasteiger charge is 2.20. The molecule has 432 valence electrons. The number of likely N-dealkylation sites (N-methyl/N-ethyl adjacent to an activating group) is 2. The molecule has 2 saturated heterocycles. The quantitative estimate of drug-likeness (QED) is 0.138. The minimum Gasteiger partial charge on any atom is -0.353 e. The topological polar surface area (TPSA) is 224 Å². The molecule has 80 heavy (non-hydrogen) atoms. The van der Waals surface area contributed by atoms with Gasteiger partial charge in [-0.1, -0.05) is 19.1 Å². The summed E-state index contributed by atoms with van der Waals surface area (Å²) in [6, 6.07) is 14.1. The summed E-state index contributed by atoms with van der Waals surface area (Å²) in [6.45, 7) is 34.8. The van der Waals surface area contributed by atoms with Crippen molar-refractivity contribution in [1.29, 1.82) is 0 Å². The van der Waals surface area contributed by atoms with E-state index in [1.54, 1.807) is 54.9 Å². The standard InChI is InChI=1S/3C7H9N.3C6H8N2.C6H12O2.C5H7N3.C5H10N2O.C5H8N2O/c1-6-3-4-8-7(2)5-6;1-6-3-4-7(2)8-5-6;1-6-4-3-5-8-7(6)2;1-5-3-8-6(2)4-7-5;1-5-3-7-6(2)8-4-5;1-5-3-4-7-6(2)8-5;1-5-3-7-6(2)8-4-5;1-4-6-3-7-5(2)8-4;2*1-6-3-4-7(2)5(6)8/h3*3-5H,1-2H3;3*3-4H,1-2H3;5-6H,3-4H2,1-2H3;3H,1-2H3;3-4H2,1-2H3;3-4H,1-2H3. The van der Waals surface area contributed by atoms with E-state index in [4.69, 9.17) is 9.47 Å². The molecule has 0 N–H and O–H groups in total. The van der Waals surface area contributed by atoms with Crippen LogP contribution in [0.5, 0.6) is 0 Å². The van der Waals surface area contributed by atoms with Crippen LogP contribution in [0, 0.1) is 103 Å². The lowest BCUT2D eigenvalue weighted by Crippen LogP contribution is -2.27. The van der Waals surface area contributed by atoms with E-state index >= 15 is 0 Å². The molecule has 0 unspecified atom stereocenters. The van der Waals surface area contributed by atoms with Gasteiger partial charge in [-0.15, -0.1) is 0 Å². The molecule has 20 heteroatoms. The minimum absolute atomic E-state index is 0.0185. The number of rotatable bonds is 0. The maximum absolute atomic E-state index is 10.8. The molecule has 0 aliphatic carbocycles.